The fourth-order valence-electron chi connectivity index (χ4n) is 0.722. The van der Waals surface area contributed by atoms with Gasteiger partial charge in [-0.25, -0.2) is 9.53 Å². The molecule has 21 heavy (non-hydrogen) atoms. The van der Waals surface area contributed by atoms with Crippen LogP contribution in [-0.2, 0) is 14.3 Å². The van der Waals surface area contributed by atoms with Crippen molar-refractivity contribution in [3.63, 3.8) is 0 Å². The molecular formula is C7H3F10IO3. The fourth-order valence-corrected chi connectivity index (χ4v) is 0.832. The van der Waals surface area contributed by atoms with Crippen LogP contribution in [0.1, 0.15) is 0 Å². The molecule has 0 saturated carbocycles. The van der Waals surface area contributed by atoms with E-state index in [2.05, 4.69) is 4.74 Å². The topological polar surface area (TPSA) is 35.5 Å². The molecule has 3 nitrogen and oxygen atoms in total. The maximum Gasteiger partial charge on any atom is 0.433 e. The van der Waals surface area contributed by atoms with E-state index in [9.17, 15) is 48.7 Å². The number of carbonyl (C=O) groups is 1. The molecule has 0 saturated heterocycles. The molecule has 0 aliphatic heterocycles. The molecule has 0 amide bonds. The number of ether oxygens (including phenoxy) is 2. The number of carbonyl (C=O) groups excluding carboxylic acids is 1. The van der Waals surface area contributed by atoms with Gasteiger partial charge in [0.2, 0.25) is 0 Å². The lowest BCUT2D eigenvalue weighted by atomic mass is 10.1. The largest absolute Gasteiger partial charge is 0.464 e. The summed E-state index contributed by atoms with van der Waals surface area (Å²) in [6.45, 7) is 0. The van der Waals surface area contributed by atoms with Gasteiger partial charge in [0.25, 0.3) is 0 Å². The highest BCUT2D eigenvalue weighted by molar-refractivity contribution is 14.1. The van der Waals surface area contributed by atoms with E-state index in [-0.39, 0.29) is 7.11 Å². The smallest absolute Gasteiger partial charge is 0.433 e. The van der Waals surface area contributed by atoms with Crippen molar-refractivity contribution in [3.05, 3.63) is 0 Å². The van der Waals surface area contributed by atoms with Crippen LogP contribution >= 0.6 is 22.6 Å². The van der Waals surface area contributed by atoms with Gasteiger partial charge >= 0.3 is 34.0 Å². The van der Waals surface area contributed by atoms with Crippen LogP contribution in [0.4, 0.5) is 43.9 Å². The van der Waals surface area contributed by atoms with Crippen LogP contribution in [0.5, 0.6) is 0 Å². The summed E-state index contributed by atoms with van der Waals surface area (Å²) in [6.07, 6.45) is -13.0. The first kappa shape index (κ1) is 20.5. The second-order valence-electron chi connectivity index (χ2n) is 3.27. The minimum absolute atomic E-state index is 0.110. The molecule has 0 rings (SSSR count). The molecule has 0 atom stereocenters. The van der Waals surface area contributed by atoms with Gasteiger partial charge in [-0.3, -0.25) is 0 Å². The zero-order valence-electron chi connectivity index (χ0n) is 9.38. The maximum atomic E-state index is 12.8. The molecule has 0 aromatic carbocycles. The SMILES string of the molecule is COC(=O)C(F)(F)C(F)(F)C(F)(F)OC(F)(F)C(F)(F)I. The van der Waals surface area contributed by atoms with Crippen molar-refractivity contribution >= 4 is 28.6 Å². The molecule has 0 bridgehead atoms. The molecule has 0 aliphatic rings. The maximum absolute atomic E-state index is 12.8. The van der Waals surface area contributed by atoms with Gasteiger partial charge in [-0.2, -0.15) is 43.9 Å². The van der Waals surface area contributed by atoms with Gasteiger partial charge in [-0.1, -0.05) is 0 Å². The first-order valence-corrected chi connectivity index (χ1v) is 5.38. The summed E-state index contributed by atoms with van der Waals surface area (Å²) in [5.74, 6) is -16.4. The number of methoxy groups -OCH3 is 1. The highest BCUT2D eigenvalue weighted by Gasteiger charge is 2.80. The zero-order valence-corrected chi connectivity index (χ0v) is 11.5. The second kappa shape index (κ2) is 5.58. The van der Waals surface area contributed by atoms with Crippen LogP contribution in [0.3, 0.4) is 0 Å². The number of rotatable bonds is 6. The molecule has 14 heteroatoms. The monoisotopic (exact) mass is 452 g/mol. The van der Waals surface area contributed by atoms with Gasteiger partial charge in [0.15, 0.2) is 0 Å². The van der Waals surface area contributed by atoms with Gasteiger partial charge in [0.1, 0.15) is 0 Å². The Bertz CT molecular complexity index is 404. The van der Waals surface area contributed by atoms with Crippen molar-refractivity contribution in [1.29, 1.82) is 0 Å². The van der Waals surface area contributed by atoms with Crippen LogP contribution < -0.4 is 0 Å². The molecule has 0 unspecified atom stereocenters. The van der Waals surface area contributed by atoms with Crippen LogP contribution in [-0.4, -0.2) is 41.1 Å². The summed E-state index contributed by atoms with van der Waals surface area (Å²) in [5.41, 5.74) is 0. The highest BCUT2D eigenvalue weighted by atomic mass is 127. The standard InChI is InChI=1S/C7H3F10IO3/c1-20-2(19)3(8,9)4(10,11)6(14,15)21-7(16,17)5(12,13)18/h1H3. The molecule has 0 N–H and O–H groups in total. The van der Waals surface area contributed by atoms with E-state index in [0.29, 0.717) is 0 Å². The molecule has 0 aromatic rings. The summed E-state index contributed by atoms with van der Waals surface area (Å²) < 4.78 is 126. The molecule has 0 radical (unpaired) electrons. The molecular weight excluding hydrogens is 449 g/mol. The van der Waals surface area contributed by atoms with Crippen LogP contribution in [0.2, 0.25) is 0 Å². The fraction of sp³-hybridized carbons (Fsp3) is 0.857. The Labute approximate surface area is 122 Å². The zero-order chi connectivity index (χ0) is 17.5. The van der Waals surface area contributed by atoms with Gasteiger partial charge in [-0.05, 0) is 0 Å². The molecule has 126 valence electrons. The van der Waals surface area contributed by atoms with Gasteiger partial charge in [0.05, 0.1) is 7.11 Å². The third-order valence-corrected chi connectivity index (χ3v) is 2.42. The summed E-state index contributed by atoms with van der Waals surface area (Å²) in [5, 5.41) is 0. The van der Waals surface area contributed by atoms with Crippen LogP contribution in [0.15, 0.2) is 0 Å². The lowest BCUT2D eigenvalue weighted by molar-refractivity contribution is -0.470. The Kier molecular flexibility index (Phi) is 5.44. The van der Waals surface area contributed by atoms with E-state index in [1.54, 1.807) is 0 Å². The highest BCUT2D eigenvalue weighted by Crippen LogP contribution is 2.52. The minimum Gasteiger partial charge on any atom is -0.464 e. The Hall–Kier alpha value is -0.540. The van der Waals surface area contributed by atoms with Crippen molar-refractivity contribution in [3.8, 4) is 0 Å². The summed E-state index contributed by atoms with van der Waals surface area (Å²) in [4.78, 5) is 10.3. The van der Waals surface area contributed by atoms with E-state index in [0.717, 1.165) is 0 Å². The number of hydrogen-bond acceptors (Lipinski definition) is 3. The lowest BCUT2D eigenvalue weighted by Gasteiger charge is -2.33. The third-order valence-electron chi connectivity index (χ3n) is 1.79. The Balaban J connectivity index is 5.65. The van der Waals surface area contributed by atoms with Gasteiger partial charge in [0, 0.05) is 22.6 Å². The number of hydrogen-bond donors (Lipinski definition) is 0. The minimum atomic E-state index is -6.89. The van der Waals surface area contributed by atoms with Crippen molar-refractivity contribution < 1.29 is 58.2 Å². The number of alkyl halides is 11. The normalized spacial score (nSPS) is 15.0. The van der Waals surface area contributed by atoms with E-state index < -0.39 is 56.6 Å². The van der Waals surface area contributed by atoms with Crippen molar-refractivity contribution in [2.75, 3.05) is 7.11 Å². The Morgan fingerprint density at radius 1 is 0.857 bits per heavy atom. The Morgan fingerprint density at radius 2 is 1.24 bits per heavy atom. The van der Waals surface area contributed by atoms with E-state index in [1.165, 1.54) is 0 Å². The molecule has 0 fully saturated rings. The first-order valence-electron chi connectivity index (χ1n) is 4.30. The average molecular weight is 452 g/mol. The third kappa shape index (κ3) is 3.62. The predicted molar refractivity (Wildman–Crippen MR) is 51.9 cm³/mol. The molecule has 0 aliphatic carbocycles. The first-order chi connectivity index (χ1) is 8.94. The van der Waals surface area contributed by atoms with Crippen molar-refractivity contribution in [2.24, 2.45) is 0 Å². The number of esters is 1. The van der Waals surface area contributed by atoms with E-state index in [4.69, 9.17) is 0 Å². The van der Waals surface area contributed by atoms with E-state index >= 15 is 0 Å². The predicted octanol–water partition coefficient (Wildman–Crippen LogP) is 3.66. The number of halogens is 11. The molecule has 0 heterocycles. The molecule has 0 spiro atoms. The van der Waals surface area contributed by atoms with Crippen LogP contribution in [0.25, 0.3) is 0 Å². The van der Waals surface area contributed by atoms with E-state index in [1.807, 2.05) is 4.74 Å². The van der Waals surface area contributed by atoms with Crippen LogP contribution in [0, 0.1) is 0 Å². The second-order valence-corrected chi connectivity index (χ2v) is 4.63. The van der Waals surface area contributed by atoms with Crippen molar-refractivity contribution in [1.82, 2.24) is 0 Å². The summed E-state index contributed by atoms with van der Waals surface area (Å²) >= 11 is -0.436. The quantitative estimate of drug-likeness (QED) is 0.267. The summed E-state index contributed by atoms with van der Waals surface area (Å²) in [6, 6.07) is 0. The Morgan fingerprint density at radius 3 is 1.52 bits per heavy atom. The summed E-state index contributed by atoms with van der Waals surface area (Å²) in [7, 11) is 0.110. The van der Waals surface area contributed by atoms with Crippen molar-refractivity contribution in [2.45, 2.75) is 28.0 Å². The lowest BCUT2D eigenvalue weighted by Crippen LogP contribution is -2.61. The van der Waals surface area contributed by atoms with Gasteiger partial charge in [-0.15, -0.1) is 0 Å². The average Bonchev–Trinajstić information content (AvgIpc) is 2.24. The van der Waals surface area contributed by atoms with Gasteiger partial charge < -0.3 is 4.74 Å². The molecule has 0 aromatic heterocycles.